The number of carbonyl (C=O) groups is 1. The molecule has 2 aromatic rings. The van der Waals surface area contributed by atoms with E-state index in [4.69, 9.17) is 4.74 Å². The van der Waals surface area contributed by atoms with Gasteiger partial charge in [0.05, 0.1) is 0 Å². The molecule has 1 N–H and O–H groups in total. The average Bonchev–Trinajstić information content (AvgIpc) is 2.53. The molecule has 0 fully saturated rings. The summed E-state index contributed by atoms with van der Waals surface area (Å²) in [6.07, 6.45) is 1.11. The van der Waals surface area contributed by atoms with E-state index < -0.39 is 0 Å². The summed E-state index contributed by atoms with van der Waals surface area (Å²) in [5, 5.41) is 2.85. The third-order valence-corrected chi connectivity index (χ3v) is 3.74. The van der Waals surface area contributed by atoms with Gasteiger partial charge in [-0.1, -0.05) is 38.1 Å². The Labute approximate surface area is 132 Å². The number of hydrogen-bond donors (Lipinski definition) is 1. The molecule has 0 heterocycles. The zero-order valence-electron chi connectivity index (χ0n) is 13.4. The molecule has 0 saturated heterocycles. The van der Waals surface area contributed by atoms with Gasteiger partial charge < -0.3 is 10.1 Å². The van der Waals surface area contributed by atoms with Gasteiger partial charge in [0.15, 0.2) is 6.61 Å². The fourth-order valence-electron chi connectivity index (χ4n) is 2.18. The van der Waals surface area contributed by atoms with Crippen LogP contribution < -0.4 is 10.1 Å². The van der Waals surface area contributed by atoms with Crippen LogP contribution in [0.3, 0.4) is 0 Å². The molecule has 0 radical (unpaired) electrons. The molecule has 0 aliphatic heterocycles. The van der Waals surface area contributed by atoms with Crippen molar-refractivity contribution in [3.63, 3.8) is 0 Å². The normalized spacial score (nSPS) is 11.8. The van der Waals surface area contributed by atoms with Gasteiger partial charge in [0.1, 0.15) is 5.75 Å². The number of amides is 1. The lowest BCUT2D eigenvalue weighted by molar-refractivity contribution is -0.118. The first kappa shape index (κ1) is 16.1. The molecule has 0 bridgehead atoms. The van der Waals surface area contributed by atoms with Gasteiger partial charge in [-0.25, -0.2) is 0 Å². The van der Waals surface area contributed by atoms with Crippen LogP contribution in [-0.4, -0.2) is 12.5 Å². The van der Waals surface area contributed by atoms with Crippen molar-refractivity contribution in [1.82, 2.24) is 0 Å². The van der Waals surface area contributed by atoms with Crippen LogP contribution >= 0.6 is 0 Å². The Morgan fingerprint density at radius 2 is 1.91 bits per heavy atom. The summed E-state index contributed by atoms with van der Waals surface area (Å²) < 4.78 is 5.49. The number of rotatable bonds is 6. The minimum Gasteiger partial charge on any atom is -0.484 e. The summed E-state index contributed by atoms with van der Waals surface area (Å²) in [5.74, 6) is 1.09. The highest BCUT2D eigenvalue weighted by Crippen LogP contribution is 2.20. The number of aryl methyl sites for hydroxylation is 1. The molecule has 3 heteroatoms. The molecule has 0 aliphatic rings. The molecule has 2 aromatic carbocycles. The second-order valence-electron chi connectivity index (χ2n) is 5.58. The predicted octanol–water partition coefficient (Wildman–Crippen LogP) is 4.53. The minimum absolute atomic E-state index is 0.0105. The zero-order valence-corrected chi connectivity index (χ0v) is 13.4. The maximum absolute atomic E-state index is 11.9. The van der Waals surface area contributed by atoms with Crippen molar-refractivity contribution < 1.29 is 9.53 Å². The summed E-state index contributed by atoms with van der Waals surface area (Å²) in [6, 6.07) is 15.7. The first-order chi connectivity index (χ1) is 10.6. The summed E-state index contributed by atoms with van der Waals surface area (Å²) in [4.78, 5) is 11.9. The first-order valence-corrected chi connectivity index (χ1v) is 7.67. The standard InChI is InChI=1S/C19H23NO2/c1-4-15(3)16-8-10-17(11-9-16)20-19(21)13-22-18-7-5-6-14(2)12-18/h5-12,15H,4,13H2,1-3H3,(H,20,21). The summed E-state index contributed by atoms with van der Waals surface area (Å²) in [7, 11) is 0. The van der Waals surface area contributed by atoms with Crippen LogP contribution in [0.4, 0.5) is 5.69 Å². The largest absolute Gasteiger partial charge is 0.484 e. The minimum atomic E-state index is -0.155. The van der Waals surface area contributed by atoms with E-state index in [1.807, 2.05) is 43.3 Å². The highest BCUT2D eigenvalue weighted by Gasteiger charge is 2.06. The number of benzene rings is 2. The fraction of sp³-hybridized carbons (Fsp3) is 0.316. The third-order valence-electron chi connectivity index (χ3n) is 3.74. The monoisotopic (exact) mass is 297 g/mol. The summed E-state index contributed by atoms with van der Waals surface area (Å²) in [6.45, 7) is 6.37. The van der Waals surface area contributed by atoms with Crippen molar-refractivity contribution in [3.05, 3.63) is 59.7 Å². The quantitative estimate of drug-likeness (QED) is 0.851. The van der Waals surface area contributed by atoms with Crippen LogP contribution in [-0.2, 0) is 4.79 Å². The van der Waals surface area contributed by atoms with E-state index in [1.54, 1.807) is 0 Å². The molecular formula is C19H23NO2. The van der Waals surface area contributed by atoms with Crippen molar-refractivity contribution in [2.75, 3.05) is 11.9 Å². The van der Waals surface area contributed by atoms with E-state index >= 15 is 0 Å². The Hall–Kier alpha value is -2.29. The van der Waals surface area contributed by atoms with Crippen LogP contribution in [0.25, 0.3) is 0 Å². The molecule has 2 rings (SSSR count). The van der Waals surface area contributed by atoms with E-state index in [-0.39, 0.29) is 12.5 Å². The smallest absolute Gasteiger partial charge is 0.262 e. The lowest BCUT2D eigenvalue weighted by Crippen LogP contribution is -2.20. The van der Waals surface area contributed by atoms with Gasteiger partial charge in [0, 0.05) is 5.69 Å². The second-order valence-corrected chi connectivity index (χ2v) is 5.58. The van der Waals surface area contributed by atoms with Crippen LogP contribution in [0.5, 0.6) is 5.75 Å². The number of hydrogen-bond acceptors (Lipinski definition) is 2. The van der Waals surface area contributed by atoms with Crippen molar-refractivity contribution in [2.24, 2.45) is 0 Å². The molecule has 0 spiro atoms. The van der Waals surface area contributed by atoms with Gasteiger partial charge in [0.25, 0.3) is 5.91 Å². The van der Waals surface area contributed by atoms with Crippen molar-refractivity contribution in [1.29, 1.82) is 0 Å². The highest BCUT2D eigenvalue weighted by atomic mass is 16.5. The molecule has 1 amide bonds. The molecule has 0 aromatic heterocycles. The lowest BCUT2D eigenvalue weighted by Gasteiger charge is -2.11. The molecule has 0 saturated carbocycles. The number of ether oxygens (including phenoxy) is 1. The third kappa shape index (κ3) is 4.62. The Kier molecular flexibility index (Phi) is 5.59. The van der Waals surface area contributed by atoms with E-state index in [9.17, 15) is 4.79 Å². The molecule has 116 valence electrons. The summed E-state index contributed by atoms with van der Waals surface area (Å²) in [5.41, 5.74) is 3.19. The van der Waals surface area contributed by atoms with E-state index in [2.05, 4.69) is 31.3 Å². The molecular weight excluding hydrogens is 274 g/mol. The van der Waals surface area contributed by atoms with Gasteiger partial charge in [0.2, 0.25) is 0 Å². The maximum Gasteiger partial charge on any atom is 0.262 e. The highest BCUT2D eigenvalue weighted by molar-refractivity contribution is 5.91. The SMILES string of the molecule is CCC(C)c1ccc(NC(=O)COc2cccc(C)c2)cc1. The lowest BCUT2D eigenvalue weighted by atomic mass is 9.99. The summed E-state index contributed by atoms with van der Waals surface area (Å²) >= 11 is 0. The molecule has 22 heavy (non-hydrogen) atoms. The zero-order chi connectivity index (χ0) is 15.9. The van der Waals surface area contributed by atoms with Gasteiger partial charge in [-0.05, 0) is 54.7 Å². The Bertz CT molecular complexity index is 620. The van der Waals surface area contributed by atoms with Crippen LogP contribution in [0.2, 0.25) is 0 Å². The second kappa shape index (κ2) is 7.64. The van der Waals surface area contributed by atoms with Crippen LogP contribution in [0.1, 0.15) is 37.3 Å². The van der Waals surface area contributed by atoms with Gasteiger partial charge in [-0.15, -0.1) is 0 Å². The molecule has 3 nitrogen and oxygen atoms in total. The van der Waals surface area contributed by atoms with Crippen molar-refractivity contribution >= 4 is 11.6 Å². The average molecular weight is 297 g/mol. The molecule has 1 atom stereocenters. The molecule has 0 aliphatic carbocycles. The van der Waals surface area contributed by atoms with E-state index in [0.29, 0.717) is 11.7 Å². The Balaban J connectivity index is 1.86. The van der Waals surface area contributed by atoms with Crippen LogP contribution in [0, 0.1) is 6.92 Å². The van der Waals surface area contributed by atoms with Gasteiger partial charge in [-0.2, -0.15) is 0 Å². The van der Waals surface area contributed by atoms with Crippen molar-refractivity contribution in [3.8, 4) is 5.75 Å². The fourth-order valence-corrected chi connectivity index (χ4v) is 2.18. The van der Waals surface area contributed by atoms with Crippen molar-refractivity contribution in [2.45, 2.75) is 33.1 Å². The topological polar surface area (TPSA) is 38.3 Å². The number of carbonyl (C=O) groups excluding carboxylic acids is 1. The van der Waals surface area contributed by atoms with Gasteiger partial charge in [-0.3, -0.25) is 4.79 Å². The number of anilines is 1. The maximum atomic E-state index is 11.9. The van der Waals surface area contributed by atoms with Gasteiger partial charge >= 0.3 is 0 Å². The van der Waals surface area contributed by atoms with E-state index in [1.165, 1.54) is 5.56 Å². The molecule has 1 unspecified atom stereocenters. The van der Waals surface area contributed by atoms with Crippen LogP contribution in [0.15, 0.2) is 48.5 Å². The Morgan fingerprint density at radius 3 is 2.55 bits per heavy atom. The van der Waals surface area contributed by atoms with E-state index in [0.717, 1.165) is 17.7 Å². The Morgan fingerprint density at radius 1 is 1.18 bits per heavy atom. The number of nitrogens with one attached hydrogen (secondary N) is 1. The predicted molar refractivity (Wildman–Crippen MR) is 90.5 cm³/mol. The first-order valence-electron chi connectivity index (χ1n) is 7.67.